The van der Waals surface area contributed by atoms with Crippen LogP contribution in [0.15, 0.2) is 28.8 Å². The van der Waals surface area contributed by atoms with Crippen LogP contribution >= 0.6 is 0 Å². The van der Waals surface area contributed by atoms with Gasteiger partial charge in [0.15, 0.2) is 5.82 Å². The number of aromatic nitrogens is 2. The van der Waals surface area contributed by atoms with Gasteiger partial charge in [0.05, 0.1) is 6.54 Å². The summed E-state index contributed by atoms with van der Waals surface area (Å²) in [6.45, 7) is 2.24. The molecular weight excluding hydrogens is 311 g/mol. The third kappa shape index (κ3) is 4.38. The number of hydrogen-bond acceptors (Lipinski definition) is 5. The Morgan fingerprint density at radius 1 is 1.25 bits per heavy atom. The van der Waals surface area contributed by atoms with E-state index in [-0.39, 0.29) is 17.6 Å². The van der Waals surface area contributed by atoms with Gasteiger partial charge < -0.3 is 10.3 Å². The second kappa shape index (κ2) is 7.53. The first-order valence-electron chi connectivity index (χ1n) is 8.18. The molecule has 128 valence electrons. The van der Waals surface area contributed by atoms with E-state index < -0.39 is 0 Å². The van der Waals surface area contributed by atoms with Crippen LogP contribution in [0.3, 0.4) is 0 Å². The summed E-state index contributed by atoms with van der Waals surface area (Å²) in [4.78, 5) is 17.8. The SMILES string of the molecule is NC(=O)C1CCN(Cc2noc(CCc3ccc(F)cc3)n2)CC1. The van der Waals surface area contributed by atoms with Crippen molar-refractivity contribution in [1.82, 2.24) is 15.0 Å². The number of carbonyl (C=O) groups is 1. The van der Waals surface area contributed by atoms with Crippen molar-refractivity contribution >= 4 is 5.91 Å². The van der Waals surface area contributed by atoms with Gasteiger partial charge in [-0.15, -0.1) is 0 Å². The topological polar surface area (TPSA) is 85.3 Å². The lowest BCUT2D eigenvalue weighted by Crippen LogP contribution is -2.38. The van der Waals surface area contributed by atoms with E-state index in [0.717, 1.165) is 37.9 Å². The number of hydrogen-bond donors (Lipinski definition) is 1. The second-order valence-corrected chi connectivity index (χ2v) is 6.18. The Labute approximate surface area is 139 Å². The summed E-state index contributed by atoms with van der Waals surface area (Å²) in [6.07, 6.45) is 2.92. The molecule has 1 aromatic heterocycles. The smallest absolute Gasteiger partial charge is 0.227 e. The quantitative estimate of drug-likeness (QED) is 0.870. The molecule has 1 amide bonds. The summed E-state index contributed by atoms with van der Waals surface area (Å²) in [5.74, 6) is 0.775. The zero-order valence-electron chi connectivity index (χ0n) is 13.4. The highest BCUT2D eigenvalue weighted by Crippen LogP contribution is 2.18. The third-order valence-electron chi connectivity index (χ3n) is 4.41. The van der Waals surface area contributed by atoms with Gasteiger partial charge in [0, 0.05) is 12.3 Å². The van der Waals surface area contributed by atoms with Crippen molar-refractivity contribution in [3.8, 4) is 0 Å². The predicted octanol–water partition coefficient (Wildman–Crippen LogP) is 1.69. The summed E-state index contributed by atoms with van der Waals surface area (Å²) in [5, 5.41) is 4.01. The molecule has 1 aliphatic heterocycles. The fourth-order valence-electron chi connectivity index (χ4n) is 2.93. The van der Waals surface area contributed by atoms with Crippen molar-refractivity contribution in [3.63, 3.8) is 0 Å². The summed E-state index contributed by atoms with van der Waals surface area (Å²) in [5.41, 5.74) is 6.37. The fraction of sp³-hybridized carbons (Fsp3) is 0.471. The van der Waals surface area contributed by atoms with E-state index >= 15 is 0 Å². The summed E-state index contributed by atoms with van der Waals surface area (Å²) >= 11 is 0. The highest BCUT2D eigenvalue weighted by molar-refractivity contribution is 5.76. The molecule has 1 fully saturated rings. The van der Waals surface area contributed by atoms with Gasteiger partial charge >= 0.3 is 0 Å². The molecule has 0 spiro atoms. The van der Waals surface area contributed by atoms with Crippen LogP contribution in [-0.4, -0.2) is 34.0 Å². The number of aryl methyl sites for hydroxylation is 2. The van der Waals surface area contributed by atoms with Crippen molar-refractivity contribution in [1.29, 1.82) is 0 Å². The fourth-order valence-corrected chi connectivity index (χ4v) is 2.93. The van der Waals surface area contributed by atoms with Gasteiger partial charge in [-0.2, -0.15) is 4.98 Å². The van der Waals surface area contributed by atoms with Crippen molar-refractivity contribution < 1.29 is 13.7 Å². The minimum atomic E-state index is -0.237. The summed E-state index contributed by atoms with van der Waals surface area (Å²) in [7, 11) is 0. The van der Waals surface area contributed by atoms with E-state index in [9.17, 15) is 9.18 Å². The molecule has 2 N–H and O–H groups in total. The van der Waals surface area contributed by atoms with Gasteiger partial charge in [-0.25, -0.2) is 4.39 Å². The molecule has 7 heteroatoms. The molecule has 0 bridgehead atoms. The Kier molecular flexibility index (Phi) is 5.20. The first-order valence-corrected chi connectivity index (χ1v) is 8.18. The standard InChI is InChI=1S/C17H21FN4O2/c18-14-4-1-12(2-5-14)3-6-16-20-15(21-24-16)11-22-9-7-13(8-10-22)17(19)23/h1-2,4-5,13H,3,6-11H2,(H2,19,23). The van der Waals surface area contributed by atoms with E-state index in [0.29, 0.717) is 24.7 Å². The number of rotatable bonds is 6. The van der Waals surface area contributed by atoms with Crippen molar-refractivity contribution in [2.75, 3.05) is 13.1 Å². The van der Waals surface area contributed by atoms with Crippen molar-refractivity contribution in [2.24, 2.45) is 11.7 Å². The Morgan fingerprint density at radius 2 is 1.96 bits per heavy atom. The minimum Gasteiger partial charge on any atom is -0.369 e. The van der Waals surface area contributed by atoms with E-state index in [1.807, 2.05) is 0 Å². The van der Waals surface area contributed by atoms with E-state index in [2.05, 4.69) is 15.0 Å². The second-order valence-electron chi connectivity index (χ2n) is 6.18. The van der Waals surface area contributed by atoms with Crippen LogP contribution in [0, 0.1) is 11.7 Å². The first-order chi connectivity index (χ1) is 11.6. The van der Waals surface area contributed by atoms with Crippen molar-refractivity contribution in [3.05, 3.63) is 47.4 Å². The van der Waals surface area contributed by atoms with Crippen LogP contribution in [0.4, 0.5) is 4.39 Å². The number of carbonyl (C=O) groups excluding carboxylic acids is 1. The Hall–Kier alpha value is -2.28. The molecule has 0 atom stereocenters. The first kappa shape index (κ1) is 16.6. The van der Waals surface area contributed by atoms with Gasteiger partial charge in [0.25, 0.3) is 0 Å². The Bertz CT molecular complexity index is 678. The Balaban J connectivity index is 1.47. The average Bonchev–Trinajstić information content (AvgIpc) is 3.02. The van der Waals surface area contributed by atoms with E-state index in [4.69, 9.17) is 10.3 Å². The normalized spacial score (nSPS) is 16.4. The lowest BCUT2D eigenvalue weighted by Gasteiger charge is -2.29. The third-order valence-corrected chi connectivity index (χ3v) is 4.41. The highest BCUT2D eigenvalue weighted by Gasteiger charge is 2.24. The zero-order chi connectivity index (χ0) is 16.9. The number of piperidine rings is 1. The van der Waals surface area contributed by atoms with Crippen LogP contribution in [0.5, 0.6) is 0 Å². The molecule has 3 rings (SSSR count). The number of nitrogens with two attached hydrogens (primary N) is 1. The van der Waals surface area contributed by atoms with Crippen LogP contribution in [0.1, 0.15) is 30.1 Å². The minimum absolute atomic E-state index is 0.0159. The molecule has 2 aromatic rings. The summed E-state index contributed by atoms with van der Waals surface area (Å²) < 4.78 is 18.1. The number of nitrogens with zero attached hydrogens (tertiary/aromatic N) is 3. The molecule has 0 saturated carbocycles. The monoisotopic (exact) mass is 332 g/mol. The molecule has 1 aliphatic rings. The molecular formula is C17H21FN4O2. The van der Waals surface area contributed by atoms with Gasteiger partial charge in [-0.1, -0.05) is 17.3 Å². The number of benzene rings is 1. The zero-order valence-corrected chi connectivity index (χ0v) is 13.4. The lowest BCUT2D eigenvalue weighted by atomic mass is 9.96. The van der Waals surface area contributed by atoms with Crippen LogP contribution in [0.2, 0.25) is 0 Å². The van der Waals surface area contributed by atoms with Gasteiger partial charge in [-0.05, 0) is 50.0 Å². The number of amides is 1. The van der Waals surface area contributed by atoms with Gasteiger partial charge in [0.1, 0.15) is 5.82 Å². The molecule has 2 heterocycles. The molecule has 6 nitrogen and oxygen atoms in total. The Morgan fingerprint density at radius 3 is 2.62 bits per heavy atom. The van der Waals surface area contributed by atoms with E-state index in [1.54, 1.807) is 12.1 Å². The van der Waals surface area contributed by atoms with Crippen molar-refractivity contribution in [2.45, 2.75) is 32.2 Å². The average molecular weight is 332 g/mol. The van der Waals surface area contributed by atoms with E-state index in [1.165, 1.54) is 12.1 Å². The highest BCUT2D eigenvalue weighted by atomic mass is 19.1. The molecule has 1 aromatic carbocycles. The number of halogens is 1. The maximum Gasteiger partial charge on any atom is 0.227 e. The summed E-state index contributed by atoms with van der Waals surface area (Å²) in [6, 6.07) is 6.42. The van der Waals surface area contributed by atoms with Gasteiger partial charge in [0.2, 0.25) is 11.8 Å². The maximum atomic E-state index is 12.9. The van der Waals surface area contributed by atoms with Crippen LogP contribution in [-0.2, 0) is 24.2 Å². The predicted molar refractivity (Wildman–Crippen MR) is 85.3 cm³/mol. The molecule has 24 heavy (non-hydrogen) atoms. The van der Waals surface area contributed by atoms with Gasteiger partial charge in [-0.3, -0.25) is 9.69 Å². The number of primary amides is 1. The number of likely N-dealkylation sites (tertiary alicyclic amines) is 1. The largest absolute Gasteiger partial charge is 0.369 e. The molecule has 0 unspecified atom stereocenters. The maximum absolute atomic E-state index is 12.9. The van der Waals surface area contributed by atoms with Crippen LogP contribution < -0.4 is 5.73 Å². The lowest BCUT2D eigenvalue weighted by molar-refractivity contribution is -0.123. The molecule has 0 aliphatic carbocycles. The molecule has 0 radical (unpaired) electrons. The van der Waals surface area contributed by atoms with Crippen LogP contribution in [0.25, 0.3) is 0 Å². The molecule has 1 saturated heterocycles.